The van der Waals surface area contributed by atoms with Crippen molar-refractivity contribution in [3.63, 3.8) is 0 Å². The fourth-order valence-corrected chi connectivity index (χ4v) is 3.96. The first-order valence-electron chi connectivity index (χ1n) is 8.32. The number of fused-ring (bicyclic) bond motifs is 3. The Hall–Kier alpha value is -2.67. The standard InChI is InChI=1S/C20H15F3N2OS/c1-26-15-7-8-16-13(10-15)4-9-17-18(16)25-19(27-17)24-11-12-2-5-14(6-3-12)20(21,22)23/h2-3,5-8,10-11H,4,9H2,1H3/b24-11+. The van der Waals surface area contributed by atoms with Crippen LogP contribution < -0.4 is 4.74 Å². The summed E-state index contributed by atoms with van der Waals surface area (Å²) in [6, 6.07) is 10.9. The van der Waals surface area contributed by atoms with Crippen molar-refractivity contribution in [2.24, 2.45) is 4.99 Å². The third-order valence-corrected chi connectivity index (χ3v) is 5.46. The summed E-state index contributed by atoms with van der Waals surface area (Å²) in [4.78, 5) is 10.1. The topological polar surface area (TPSA) is 34.5 Å². The predicted molar refractivity (Wildman–Crippen MR) is 100 cm³/mol. The number of rotatable bonds is 3. The highest BCUT2D eigenvalue weighted by molar-refractivity contribution is 7.15. The van der Waals surface area contributed by atoms with Crippen molar-refractivity contribution < 1.29 is 17.9 Å². The molecule has 1 aromatic heterocycles. The summed E-state index contributed by atoms with van der Waals surface area (Å²) in [5.74, 6) is 0.827. The fourth-order valence-electron chi connectivity index (χ4n) is 3.05. The summed E-state index contributed by atoms with van der Waals surface area (Å²) in [6.45, 7) is 0. The second kappa shape index (κ2) is 6.81. The Balaban J connectivity index is 1.58. The third-order valence-electron chi connectivity index (χ3n) is 4.44. The summed E-state index contributed by atoms with van der Waals surface area (Å²) in [5, 5.41) is 0.601. The minimum absolute atomic E-state index is 0.598. The number of benzene rings is 2. The summed E-state index contributed by atoms with van der Waals surface area (Å²) >= 11 is 1.52. The normalized spacial score (nSPS) is 13.5. The highest BCUT2D eigenvalue weighted by Crippen LogP contribution is 2.40. The van der Waals surface area contributed by atoms with Gasteiger partial charge in [-0.1, -0.05) is 23.5 Å². The van der Waals surface area contributed by atoms with Crippen LogP contribution in [0.3, 0.4) is 0 Å². The molecule has 27 heavy (non-hydrogen) atoms. The van der Waals surface area contributed by atoms with Crippen LogP contribution in [0, 0.1) is 0 Å². The highest BCUT2D eigenvalue weighted by atomic mass is 32.1. The first-order valence-corrected chi connectivity index (χ1v) is 9.14. The molecular formula is C20H15F3N2OS. The maximum atomic E-state index is 12.6. The maximum Gasteiger partial charge on any atom is 0.416 e. The minimum Gasteiger partial charge on any atom is -0.497 e. The van der Waals surface area contributed by atoms with Gasteiger partial charge in [0, 0.05) is 16.7 Å². The Bertz CT molecular complexity index is 1010. The van der Waals surface area contributed by atoms with Crippen molar-refractivity contribution in [3.8, 4) is 17.0 Å². The zero-order chi connectivity index (χ0) is 19.0. The summed E-state index contributed by atoms with van der Waals surface area (Å²) in [6.07, 6.45) is -0.980. The lowest BCUT2D eigenvalue weighted by atomic mass is 9.93. The molecule has 0 atom stereocenters. The van der Waals surface area contributed by atoms with Crippen LogP contribution in [0.2, 0.25) is 0 Å². The molecule has 4 rings (SSSR count). The zero-order valence-electron chi connectivity index (χ0n) is 14.4. The van der Waals surface area contributed by atoms with Gasteiger partial charge in [0.25, 0.3) is 0 Å². The highest BCUT2D eigenvalue weighted by Gasteiger charge is 2.29. The molecular weight excluding hydrogens is 373 g/mol. The van der Waals surface area contributed by atoms with Crippen LogP contribution in [0.25, 0.3) is 11.3 Å². The van der Waals surface area contributed by atoms with E-state index in [0.717, 1.165) is 42.0 Å². The average molecular weight is 388 g/mol. The molecule has 3 aromatic rings. The number of thiazole rings is 1. The maximum absolute atomic E-state index is 12.6. The molecule has 7 heteroatoms. The van der Waals surface area contributed by atoms with Crippen LogP contribution in [0.4, 0.5) is 18.3 Å². The van der Waals surface area contributed by atoms with Crippen LogP contribution in [0.5, 0.6) is 5.75 Å². The molecule has 0 fully saturated rings. The van der Waals surface area contributed by atoms with Crippen LogP contribution in [0.1, 0.15) is 21.6 Å². The number of nitrogens with zero attached hydrogens (tertiary/aromatic N) is 2. The molecule has 0 radical (unpaired) electrons. The molecule has 1 aliphatic rings. The van der Waals surface area contributed by atoms with Crippen molar-refractivity contribution in [3.05, 3.63) is 64.0 Å². The van der Waals surface area contributed by atoms with Gasteiger partial charge >= 0.3 is 6.18 Å². The Morgan fingerprint density at radius 2 is 1.89 bits per heavy atom. The molecule has 0 N–H and O–H groups in total. The van der Waals surface area contributed by atoms with E-state index in [1.165, 1.54) is 33.9 Å². The fraction of sp³-hybridized carbons (Fsp3) is 0.200. The Kier molecular flexibility index (Phi) is 4.47. The Morgan fingerprint density at radius 1 is 1.11 bits per heavy atom. The van der Waals surface area contributed by atoms with E-state index in [0.29, 0.717) is 10.7 Å². The van der Waals surface area contributed by atoms with E-state index in [-0.39, 0.29) is 0 Å². The van der Waals surface area contributed by atoms with Crippen molar-refractivity contribution in [1.82, 2.24) is 4.98 Å². The van der Waals surface area contributed by atoms with Gasteiger partial charge in [-0.15, -0.1) is 0 Å². The van der Waals surface area contributed by atoms with E-state index in [1.807, 2.05) is 18.2 Å². The first-order chi connectivity index (χ1) is 12.9. The van der Waals surface area contributed by atoms with Crippen molar-refractivity contribution in [2.45, 2.75) is 19.0 Å². The lowest BCUT2D eigenvalue weighted by Gasteiger charge is -2.15. The van der Waals surface area contributed by atoms with Crippen LogP contribution in [-0.2, 0) is 19.0 Å². The number of halogens is 3. The second-order valence-electron chi connectivity index (χ2n) is 6.17. The first kappa shape index (κ1) is 17.7. The number of hydrogen-bond acceptors (Lipinski definition) is 4. The van der Waals surface area contributed by atoms with Gasteiger partial charge in [-0.25, -0.2) is 9.98 Å². The van der Waals surface area contributed by atoms with E-state index in [9.17, 15) is 13.2 Å². The predicted octanol–water partition coefficient (Wildman–Crippen LogP) is 5.69. The van der Waals surface area contributed by atoms with Crippen molar-refractivity contribution >= 4 is 22.7 Å². The number of aromatic nitrogens is 1. The van der Waals surface area contributed by atoms with Crippen molar-refractivity contribution in [2.75, 3.05) is 7.11 Å². The molecule has 1 aliphatic carbocycles. The molecule has 0 saturated carbocycles. The van der Waals surface area contributed by atoms with Crippen LogP contribution >= 0.6 is 11.3 Å². The number of methoxy groups -OCH3 is 1. The number of aryl methyl sites for hydroxylation is 2. The Morgan fingerprint density at radius 3 is 2.59 bits per heavy atom. The largest absolute Gasteiger partial charge is 0.497 e. The van der Waals surface area contributed by atoms with Crippen LogP contribution in [-0.4, -0.2) is 18.3 Å². The number of ether oxygens (including phenoxy) is 1. The molecule has 0 unspecified atom stereocenters. The van der Waals surface area contributed by atoms with E-state index in [2.05, 4.69) is 9.98 Å². The molecule has 0 spiro atoms. The summed E-state index contributed by atoms with van der Waals surface area (Å²) in [7, 11) is 1.65. The van der Waals surface area contributed by atoms with Gasteiger partial charge in [-0.3, -0.25) is 0 Å². The number of hydrogen-bond donors (Lipinski definition) is 0. The van der Waals surface area contributed by atoms with Crippen LogP contribution in [0.15, 0.2) is 47.5 Å². The SMILES string of the molecule is COc1ccc2c(c1)CCc1sc(/N=C/c3ccc(C(F)(F)F)cc3)nc1-2. The van der Waals surface area contributed by atoms with Gasteiger partial charge in [-0.05, 0) is 54.3 Å². The summed E-state index contributed by atoms with van der Waals surface area (Å²) < 4.78 is 43.1. The molecule has 2 aromatic carbocycles. The second-order valence-corrected chi connectivity index (χ2v) is 7.23. The summed E-state index contributed by atoms with van der Waals surface area (Å²) in [5.41, 5.74) is 3.15. The molecule has 3 nitrogen and oxygen atoms in total. The van der Waals surface area contributed by atoms with Crippen molar-refractivity contribution in [1.29, 1.82) is 0 Å². The van der Waals surface area contributed by atoms with E-state index < -0.39 is 11.7 Å². The quantitative estimate of drug-likeness (QED) is 0.541. The third kappa shape index (κ3) is 3.60. The Labute approximate surface area is 158 Å². The molecule has 1 heterocycles. The molecule has 0 saturated heterocycles. The van der Waals surface area contributed by atoms with E-state index >= 15 is 0 Å². The smallest absolute Gasteiger partial charge is 0.416 e. The molecule has 0 bridgehead atoms. The monoisotopic (exact) mass is 388 g/mol. The van der Waals surface area contributed by atoms with Gasteiger partial charge in [0.05, 0.1) is 18.4 Å². The van der Waals surface area contributed by atoms with Gasteiger partial charge in [0.15, 0.2) is 0 Å². The lowest BCUT2D eigenvalue weighted by molar-refractivity contribution is -0.137. The zero-order valence-corrected chi connectivity index (χ0v) is 15.2. The molecule has 0 amide bonds. The van der Waals surface area contributed by atoms with Gasteiger partial charge in [-0.2, -0.15) is 13.2 Å². The minimum atomic E-state index is -4.33. The van der Waals surface area contributed by atoms with Gasteiger partial charge in [0.1, 0.15) is 5.75 Å². The average Bonchev–Trinajstić information content (AvgIpc) is 3.09. The van der Waals surface area contributed by atoms with E-state index in [1.54, 1.807) is 13.3 Å². The number of alkyl halides is 3. The number of aliphatic imine (C=N–C) groups is 1. The van der Waals surface area contributed by atoms with Gasteiger partial charge in [0.2, 0.25) is 5.13 Å². The molecule has 138 valence electrons. The van der Waals surface area contributed by atoms with E-state index in [4.69, 9.17) is 4.74 Å². The lowest BCUT2D eigenvalue weighted by Crippen LogP contribution is -2.04. The molecule has 0 aliphatic heterocycles. The van der Waals surface area contributed by atoms with Gasteiger partial charge < -0.3 is 4.74 Å².